The van der Waals surface area contributed by atoms with Crippen LogP contribution < -0.4 is 5.32 Å². The minimum atomic E-state index is -0.390. The Morgan fingerprint density at radius 1 is 1.43 bits per heavy atom. The molecule has 0 saturated carbocycles. The molecule has 0 fully saturated rings. The molecule has 4 heteroatoms. The van der Waals surface area contributed by atoms with Gasteiger partial charge in [-0.1, -0.05) is 0 Å². The Morgan fingerprint density at radius 3 is 2.57 bits per heavy atom. The summed E-state index contributed by atoms with van der Waals surface area (Å²) < 4.78 is 5.32. The van der Waals surface area contributed by atoms with E-state index < -0.39 is 0 Å². The van der Waals surface area contributed by atoms with E-state index in [1.165, 1.54) is 0 Å². The zero-order valence-corrected chi connectivity index (χ0v) is 9.79. The maximum atomic E-state index is 9.58. The predicted molar refractivity (Wildman–Crippen MR) is 58.5 cm³/mol. The number of hydrogen-bond donors (Lipinski definition) is 2. The fourth-order valence-corrected chi connectivity index (χ4v) is 1.11. The second-order valence-corrected chi connectivity index (χ2v) is 3.90. The van der Waals surface area contributed by atoms with Gasteiger partial charge in [-0.3, -0.25) is 0 Å². The molecule has 0 amide bonds. The molecule has 0 aromatic rings. The molecule has 86 valence electrons. The van der Waals surface area contributed by atoms with E-state index in [0.29, 0.717) is 13.2 Å². The van der Waals surface area contributed by atoms with Gasteiger partial charge in [0.05, 0.1) is 18.8 Å². The normalized spacial score (nSPS) is 13.9. The Labute approximate surface area is 87.2 Å². The quantitative estimate of drug-likeness (QED) is 0.581. The standard InChI is InChI=1S/C10H24N2O2/c1-9(2)14-8-10(13)7-12(4)6-5-11-3/h9-11,13H,5-8H2,1-4H3. The van der Waals surface area contributed by atoms with Gasteiger partial charge in [-0.25, -0.2) is 0 Å². The van der Waals surface area contributed by atoms with E-state index in [2.05, 4.69) is 10.2 Å². The van der Waals surface area contributed by atoms with Crippen LogP contribution in [0, 0.1) is 0 Å². The minimum Gasteiger partial charge on any atom is -0.389 e. The third-order valence-corrected chi connectivity index (χ3v) is 1.89. The van der Waals surface area contributed by atoms with E-state index >= 15 is 0 Å². The molecule has 0 spiro atoms. The highest BCUT2D eigenvalue weighted by Crippen LogP contribution is 1.94. The lowest BCUT2D eigenvalue weighted by atomic mass is 10.3. The van der Waals surface area contributed by atoms with Crippen molar-refractivity contribution in [3.05, 3.63) is 0 Å². The summed E-state index contributed by atoms with van der Waals surface area (Å²) in [6, 6.07) is 0. The van der Waals surface area contributed by atoms with Crippen LogP contribution in [0.1, 0.15) is 13.8 Å². The van der Waals surface area contributed by atoms with Crippen molar-refractivity contribution in [2.75, 3.05) is 40.3 Å². The molecule has 0 aliphatic carbocycles. The molecule has 0 aromatic heterocycles. The molecule has 0 rings (SSSR count). The van der Waals surface area contributed by atoms with Crippen molar-refractivity contribution in [1.29, 1.82) is 0 Å². The van der Waals surface area contributed by atoms with Gasteiger partial charge < -0.3 is 20.1 Å². The fourth-order valence-electron chi connectivity index (χ4n) is 1.11. The van der Waals surface area contributed by atoms with Crippen LogP contribution in [0.4, 0.5) is 0 Å². The van der Waals surface area contributed by atoms with E-state index in [0.717, 1.165) is 13.1 Å². The summed E-state index contributed by atoms with van der Waals surface area (Å²) in [6.07, 6.45) is -0.202. The number of ether oxygens (including phenoxy) is 1. The van der Waals surface area contributed by atoms with E-state index in [1.54, 1.807) is 0 Å². The Hall–Kier alpha value is -0.160. The topological polar surface area (TPSA) is 44.7 Å². The molecule has 0 radical (unpaired) electrons. The maximum absolute atomic E-state index is 9.58. The zero-order valence-electron chi connectivity index (χ0n) is 9.79. The summed E-state index contributed by atoms with van der Waals surface area (Å²) in [5.74, 6) is 0. The Balaban J connectivity index is 3.44. The van der Waals surface area contributed by atoms with Gasteiger partial charge in [-0.05, 0) is 27.9 Å². The lowest BCUT2D eigenvalue weighted by molar-refractivity contribution is -0.00536. The number of nitrogens with one attached hydrogen (secondary N) is 1. The second kappa shape index (κ2) is 8.17. The number of aliphatic hydroxyl groups excluding tert-OH is 1. The number of nitrogens with zero attached hydrogens (tertiary/aromatic N) is 1. The highest BCUT2D eigenvalue weighted by atomic mass is 16.5. The molecule has 4 nitrogen and oxygen atoms in total. The molecular weight excluding hydrogens is 180 g/mol. The summed E-state index contributed by atoms with van der Waals surface area (Å²) in [6.45, 7) is 6.90. The lowest BCUT2D eigenvalue weighted by Gasteiger charge is -2.21. The van der Waals surface area contributed by atoms with Gasteiger partial charge in [0.1, 0.15) is 0 Å². The summed E-state index contributed by atoms with van der Waals surface area (Å²) in [4.78, 5) is 2.09. The van der Waals surface area contributed by atoms with E-state index in [4.69, 9.17) is 4.74 Å². The smallest absolute Gasteiger partial charge is 0.0900 e. The van der Waals surface area contributed by atoms with Crippen molar-refractivity contribution < 1.29 is 9.84 Å². The first-order valence-electron chi connectivity index (χ1n) is 5.19. The molecular formula is C10H24N2O2. The van der Waals surface area contributed by atoms with Crippen LogP contribution in [0.25, 0.3) is 0 Å². The fraction of sp³-hybridized carbons (Fsp3) is 1.00. The number of rotatable bonds is 8. The third-order valence-electron chi connectivity index (χ3n) is 1.89. The van der Waals surface area contributed by atoms with Gasteiger partial charge in [-0.2, -0.15) is 0 Å². The lowest BCUT2D eigenvalue weighted by Crippen LogP contribution is -2.36. The van der Waals surface area contributed by atoms with Crippen LogP contribution >= 0.6 is 0 Å². The van der Waals surface area contributed by atoms with Crippen molar-refractivity contribution in [3.63, 3.8) is 0 Å². The Kier molecular flexibility index (Phi) is 8.08. The van der Waals surface area contributed by atoms with Crippen molar-refractivity contribution in [3.8, 4) is 0 Å². The van der Waals surface area contributed by atoms with Crippen molar-refractivity contribution in [1.82, 2.24) is 10.2 Å². The second-order valence-electron chi connectivity index (χ2n) is 3.90. The minimum absolute atomic E-state index is 0.187. The van der Waals surface area contributed by atoms with Gasteiger partial charge in [0.25, 0.3) is 0 Å². The summed E-state index contributed by atoms with van der Waals surface area (Å²) in [7, 11) is 3.92. The number of likely N-dealkylation sites (N-methyl/N-ethyl adjacent to an activating group) is 2. The molecule has 14 heavy (non-hydrogen) atoms. The third kappa shape index (κ3) is 8.44. The van der Waals surface area contributed by atoms with E-state index in [1.807, 2.05) is 27.9 Å². The van der Waals surface area contributed by atoms with Gasteiger partial charge in [0, 0.05) is 19.6 Å². The van der Waals surface area contributed by atoms with E-state index in [9.17, 15) is 5.11 Å². The molecule has 0 heterocycles. The molecule has 0 saturated heterocycles. The zero-order chi connectivity index (χ0) is 11.0. The largest absolute Gasteiger partial charge is 0.389 e. The van der Waals surface area contributed by atoms with Crippen LogP contribution in [-0.2, 0) is 4.74 Å². The van der Waals surface area contributed by atoms with Gasteiger partial charge >= 0.3 is 0 Å². The van der Waals surface area contributed by atoms with Gasteiger partial charge in [0.2, 0.25) is 0 Å². The molecule has 2 N–H and O–H groups in total. The van der Waals surface area contributed by atoms with Crippen molar-refractivity contribution >= 4 is 0 Å². The Morgan fingerprint density at radius 2 is 2.07 bits per heavy atom. The Bertz CT molecular complexity index is 131. The van der Waals surface area contributed by atoms with E-state index in [-0.39, 0.29) is 12.2 Å². The average Bonchev–Trinajstić information content (AvgIpc) is 2.11. The monoisotopic (exact) mass is 204 g/mol. The van der Waals surface area contributed by atoms with Crippen LogP contribution in [0.5, 0.6) is 0 Å². The van der Waals surface area contributed by atoms with Gasteiger partial charge in [-0.15, -0.1) is 0 Å². The molecule has 0 aromatic carbocycles. The summed E-state index contributed by atoms with van der Waals surface area (Å²) >= 11 is 0. The first-order valence-corrected chi connectivity index (χ1v) is 5.19. The molecule has 0 bridgehead atoms. The van der Waals surface area contributed by atoms with Crippen LogP contribution in [-0.4, -0.2) is 62.6 Å². The highest BCUT2D eigenvalue weighted by molar-refractivity contribution is 4.61. The van der Waals surface area contributed by atoms with Crippen molar-refractivity contribution in [2.45, 2.75) is 26.1 Å². The molecule has 1 atom stereocenters. The number of hydrogen-bond acceptors (Lipinski definition) is 4. The van der Waals surface area contributed by atoms with Gasteiger partial charge in [0.15, 0.2) is 0 Å². The number of aliphatic hydroxyl groups is 1. The van der Waals surface area contributed by atoms with Crippen LogP contribution in [0.15, 0.2) is 0 Å². The molecule has 0 aliphatic heterocycles. The predicted octanol–water partition coefficient (Wildman–Crippen LogP) is -0.0765. The first kappa shape index (κ1) is 13.8. The van der Waals surface area contributed by atoms with Crippen molar-refractivity contribution in [2.24, 2.45) is 0 Å². The summed E-state index contributed by atoms with van der Waals surface area (Å²) in [5, 5.41) is 12.6. The highest BCUT2D eigenvalue weighted by Gasteiger charge is 2.08. The van der Waals surface area contributed by atoms with Crippen LogP contribution in [0.3, 0.4) is 0 Å². The average molecular weight is 204 g/mol. The first-order chi connectivity index (χ1) is 6.56. The molecule has 0 aliphatic rings. The maximum Gasteiger partial charge on any atom is 0.0900 e. The van der Waals surface area contributed by atoms with Crippen LogP contribution in [0.2, 0.25) is 0 Å². The molecule has 1 unspecified atom stereocenters. The SMILES string of the molecule is CNCCN(C)CC(O)COC(C)C. The summed E-state index contributed by atoms with van der Waals surface area (Å²) in [5.41, 5.74) is 0.